The van der Waals surface area contributed by atoms with Gasteiger partial charge in [-0.2, -0.15) is 4.31 Å². The first-order valence-electron chi connectivity index (χ1n) is 9.49. The van der Waals surface area contributed by atoms with Crippen molar-refractivity contribution in [2.75, 3.05) is 18.0 Å². The molecule has 8 heteroatoms. The molecule has 1 aromatic carbocycles. The van der Waals surface area contributed by atoms with Crippen molar-refractivity contribution in [1.82, 2.24) is 4.31 Å². The molecule has 156 valence electrons. The summed E-state index contributed by atoms with van der Waals surface area (Å²) in [7, 11) is -3.63. The Morgan fingerprint density at radius 1 is 1.31 bits per heavy atom. The monoisotopic (exact) mass is 480 g/mol. The van der Waals surface area contributed by atoms with Crippen LogP contribution >= 0.6 is 15.9 Å². The molecule has 3 rings (SSSR count). The third kappa shape index (κ3) is 4.49. The minimum atomic E-state index is -3.63. The zero-order valence-corrected chi connectivity index (χ0v) is 19.0. The highest BCUT2D eigenvalue weighted by Crippen LogP contribution is 2.34. The summed E-state index contributed by atoms with van der Waals surface area (Å²) in [6, 6.07) is 5.63. The van der Waals surface area contributed by atoms with Gasteiger partial charge in [0.15, 0.2) is 0 Å². The van der Waals surface area contributed by atoms with E-state index in [2.05, 4.69) is 22.5 Å². The summed E-state index contributed by atoms with van der Waals surface area (Å²) in [6.45, 7) is 8.31. The van der Waals surface area contributed by atoms with Crippen LogP contribution in [0, 0.1) is 0 Å². The Hall–Kier alpha value is -1.90. The molecule has 1 amide bonds. The van der Waals surface area contributed by atoms with Gasteiger partial charge in [-0.1, -0.05) is 40.7 Å². The maximum atomic E-state index is 12.9. The number of amides is 1. The normalized spacial score (nSPS) is 19.3. The second kappa shape index (κ2) is 8.85. The Balaban J connectivity index is 1.74. The van der Waals surface area contributed by atoms with Crippen molar-refractivity contribution < 1.29 is 17.9 Å². The van der Waals surface area contributed by atoms with Crippen molar-refractivity contribution in [2.24, 2.45) is 0 Å². The second-order valence-corrected chi connectivity index (χ2v) is 10.0. The fraction of sp³-hybridized carbons (Fsp3) is 0.381. The van der Waals surface area contributed by atoms with Crippen LogP contribution in [-0.2, 0) is 21.4 Å². The molecule has 6 nitrogen and oxygen atoms in total. The quantitative estimate of drug-likeness (QED) is 0.570. The number of ether oxygens (including phenoxy) is 1. The highest BCUT2D eigenvalue weighted by atomic mass is 79.9. The van der Waals surface area contributed by atoms with Gasteiger partial charge in [0.2, 0.25) is 10.0 Å². The molecule has 0 N–H and O–H groups in total. The summed E-state index contributed by atoms with van der Waals surface area (Å²) >= 11 is 3.44. The number of hydrogen-bond donors (Lipinski definition) is 0. The summed E-state index contributed by atoms with van der Waals surface area (Å²) in [6.07, 6.45) is 6.06. The summed E-state index contributed by atoms with van der Waals surface area (Å²) < 4.78 is 33.6. The van der Waals surface area contributed by atoms with E-state index in [1.54, 1.807) is 24.0 Å². The van der Waals surface area contributed by atoms with E-state index in [4.69, 9.17) is 4.74 Å². The Kier molecular flexibility index (Phi) is 6.65. The van der Waals surface area contributed by atoms with Crippen molar-refractivity contribution in [2.45, 2.75) is 39.3 Å². The first-order chi connectivity index (χ1) is 13.8. The molecule has 0 saturated carbocycles. The molecule has 29 heavy (non-hydrogen) atoms. The third-order valence-corrected chi connectivity index (χ3v) is 7.75. The van der Waals surface area contributed by atoms with E-state index in [-0.39, 0.29) is 23.6 Å². The zero-order valence-electron chi connectivity index (χ0n) is 16.6. The molecule has 1 aromatic rings. The average molecular weight is 481 g/mol. The Morgan fingerprint density at radius 3 is 2.66 bits per heavy atom. The fourth-order valence-corrected chi connectivity index (χ4v) is 5.48. The minimum absolute atomic E-state index is 0.109. The van der Waals surface area contributed by atoms with E-state index in [1.807, 2.05) is 31.2 Å². The summed E-state index contributed by atoms with van der Waals surface area (Å²) in [4.78, 5) is 14.2. The number of carbonyl (C=O) groups excluding carboxylic acids is 1. The van der Waals surface area contributed by atoms with E-state index < -0.39 is 10.0 Å². The first-order valence-corrected chi connectivity index (χ1v) is 11.7. The van der Waals surface area contributed by atoms with E-state index >= 15 is 0 Å². The molecule has 2 aliphatic rings. The minimum Gasteiger partial charge on any atom is -0.444 e. The number of nitrogens with zero attached hydrogens (tertiary/aromatic N) is 2. The van der Waals surface area contributed by atoms with Crippen LogP contribution < -0.4 is 4.90 Å². The van der Waals surface area contributed by atoms with Crippen LogP contribution in [0.2, 0.25) is 0 Å². The standard InChI is InChI=1S/C21H25BrN2O4S/c1-4-5-6-15(2)16(3)29(26,27)23-11-9-19(10-12-23)24-20-8-7-18(22)13-17(20)14-28-21(24)25/h4-8,13,19H,3,9-12,14H2,1-2H3/b5-4-,15-6-. The maximum Gasteiger partial charge on any atom is 0.414 e. The van der Waals surface area contributed by atoms with Gasteiger partial charge >= 0.3 is 6.09 Å². The SMILES string of the molecule is C=C(/C(C)=C\C=C/C)S(=O)(=O)N1CCC(N2C(=O)OCc3cc(Br)ccc32)CC1. The predicted molar refractivity (Wildman–Crippen MR) is 118 cm³/mol. The highest BCUT2D eigenvalue weighted by molar-refractivity contribution is 9.10. The highest BCUT2D eigenvalue weighted by Gasteiger charge is 2.37. The largest absolute Gasteiger partial charge is 0.444 e. The number of benzene rings is 1. The van der Waals surface area contributed by atoms with Gasteiger partial charge in [0, 0.05) is 29.2 Å². The lowest BCUT2D eigenvalue weighted by atomic mass is 10.0. The van der Waals surface area contributed by atoms with Crippen molar-refractivity contribution in [3.63, 3.8) is 0 Å². The van der Waals surface area contributed by atoms with Gasteiger partial charge < -0.3 is 4.74 Å². The first kappa shape index (κ1) is 21.8. The van der Waals surface area contributed by atoms with Crippen molar-refractivity contribution in [1.29, 1.82) is 0 Å². The number of allylic oxidation sites excluding steroid dienone is 4. The molecule has 0 atom stereocenters. The number of rotatable bonds is 5. The number of sulfonamides is 1. The van der Waals surface area contributed by atoms with Crippen LogP contribution in [0.4, 0.5) is 10.5 Å². The molecule has 0 bridgehead atoms. The molecule has 0 radical (unpaired) electrons. The number of fused-ring (bicyclic) bond motifs is 1. The smallest absolute Gasteiger partial charge is 0.414 e. The zero-order chi connectivity index (χ0) is 21.2. The Labute approximate surface area is 180 Å². The molecule has 2 heterocycles. The molecular weight excluding hydrogens is 456 g/mol. The average Bonchev–Trinajstić information content (AvgIpc) is 2.71. The predicted octanol–water partition coefficient (Wildman–Crippen LogP) is 4.74. The van der Waals surface area contributed by atoms with Crippen LogP contribution in [0.15, 0.2) is 58.0 Å². The van der Waals surface area contributed by atoms with Gasteiger partial charge in [-0.25, -0.2) is 13.2 Å². The van der Waals surface area contributed by atoms with Gasteiger partial charge in [-0.05, 0) is 50.5 Å². The fourth-order valence-electron chi connectivity index (χ4n) is 3.59. The molecule has 0 aliphatic carbocycles. The summed E-state index contributed by atoms with van der Waals surface area (Å²) in [5.74, 6) is 0. The van der Waals surface area contributed by atoms with Crippen LogP contribution in [-0.4, -0.2) is 37.9 Å². The topological polar surface area (TPSA) is 66.9 Å². The van der Waals surface area contributed by atoms with Crippen molar-refractivity contribution in [3.8, 4) is 0 Å². The van der Waals surface area contributed by atoms with E-state index in [0.717, 1.165) is 15.7 Å². The van der Waals surface area contributed by atoms with E-state index in [1.165, 1.54) is 4.31 Å². The lowest BCUT2D eigenvalue weighted by Gasteiger charge is -2.40. The lowest BCUT2D eigenvalue weighted by Crippen LogP contribution is -2.50. The van der Waals surface area contributed by atoms with E-state index in [9.17, 15) is 13.2 Å². The lowest BCUT2D eigenvalue weighted by molar-refractivity contribution is 0.136. The molecule has 2 aliphatic heterocycles. The van der Waals surface area contributed by atoms with Crippen molar-refractivity contribution in [3.05, 3.63) is 63.5 Å². The van der Waals surface area contributed by atoms with Gasteiger partial charge in [0.05, 0.1) is 10.6 Å². The van der Waals surface area contributed by atoms with Gasteiger partial charge in [-0.3, -0.25) is 4.90 Å². The molecule has 1 fully saturated rings. The Morgan fingerprint density at radius 2 is 2.00 bits per heavy atom. The number of cyclic esters (lactones) is 1. The Bertz CT molecular complexity index is 976. The summed E-state index contributed by atoms with van der Waals surface area (Å²) in [5.41, 5.74) is 2.39. The maximum absolute atomic E-state index is 12.9. The molecule has 1 saturated heterocycles. The number of piperidine rings is 1. The molecule has 0 aromatic heterocycles. The van der Waals surface area contributed by atoms with E-state index in [0.29, 0.717) is 31.5 Å². The van der Waals surface area contributed by atoms with Crippen LogP contribution in [0.1, 0.15) is 32.3 Å². The third-order valence-electron chi connectivity index (χ3n) is 5.27. The molecular formula is C21H25BrN2O4S. The number of hydrogen-bond acceptors (Lipinski definition) is 4. The van der Waals surface area contributed by atoms with Crippen LogP contribution in [0.3, 0.4) is 0 Å². The van der Waals surface area contributed by atoms with Crippen molar-refractivity contribution >= 4 is 37.7 Å². The molecule has 0 spiro atoms. The number of anilines is 1. The van der Waals surface area contributed by atoms with Gasteiger partial charge in [0.25, 0.3) is 0 Å². The molecule has 0 unspecified atom stereocenters. The summed E-state index contributed by atoms with van der Waals surface area (Å²) in [5, 5.41) is 0. The second-order valence-electron chi connectivity index (χ2n) is 7.13. The number of carbonyl (C=O) groups is 1. The van der Waals surface area contributed by atoms with Gasteiger partial charge in [-0.15, -0.1) is 0 Å². The van der Waals surface area contributed by atoms with Crippen LogP contribution in [0.25, 0.3) is 0 Å². The van der Waals surface area contributed by atoms with Crippen LogP contribution in [0.5, 0.6) is 0 Å². The number of halogens is 1. The van der Waals surface area contributed by atoms with Gasteiger partial charge in [0.1, 0.15) is 6.61 Å².